The summed E-state index contributed by atoms with van der Waals surface area (Å²) in [7, 11) is 0. The van der Waals surface area contributed by atoms with Crippen LogP contribution in [-0.2, 0) is 23.8 Å². The standard InChI is InChI=1S/C39H70O5/c1-4-7-10-13-15-16-17-18-19-20-21-22-23-25-28-31-34-42-35-37(44-39(41)33-30-26-12-9-6-3)36-43-38(40)32-29-27-24-14-11-8-5-2/h7,10,15-16,18-19,37H,4-6,8-9,11-14,17,20-36H2,1-3H3/b10-7-,16-15-,19-18-. The Morgan fingerprint density at radius 2 is 1.02 bits per heavy atom. The second-order valence-electron chi connectivity index (χ2n) is 12.1. The Kier molecular flexibility index (Phi) is 34.1. The summed E-state index contributed by atoms with van der Waals surface area (Å²) in [4.78, 5) is 24.7. The lowest BCUT2D eigenvalue weighted by Gasteiger charge is -2.18. The average Bonchev–Trinajstić information content (AvgIpc) is 3.02. The molecule has 0 saturated heterocycles. The number of allylic oxidation sites excluding steroid dienone is 6. The molecule has 0 aliphatic heterocycles. The van der Waals surface area contributed by atoms with Crippen LogP contribution >= 0.6 is 0 Å². The summed E-state index contributed by atoms with van der Waals surface area (Å²) in [5, 5.41) is 0. The Morgan fingerprint density at radius 1 is 0.523 bits per heavy atom. The van der Waals surface area contributed by atoms with Crippen LogP contribution in [0.5, 0.6) is 0 Å². The van der Waals surface area contributed by atoms with E-state index in [1.54, 1.807) is 0 Å². The molecule has 0 rings (SSSR count). The highest BCUT2D eigenvalue weighted by Gasteiger charge is 2.17. The van der Waals surface area contributed by atoms with Gasteiger partial charge in [-0.15, -0.1) is 0 Å². The van der Waals surface area contributed by atoms with E-state index in [1.807, 2.05) is 0 Å². The van der Waals surface area contributed by atoms with Crippen molar-refractivity contribution in [3.63, 3.8) is 0 Å². The number of unbranched alkanes of at least 4 members (excludes halogenated alkanes) is 16. The van der Waals surface area contributed by atoms with Crippen LogP contribution in [0.25, 0.3) is 0 Å². The van der Waals surface area contributed by atoms with E-state index < -0.39 is 6.10 Å². The molecule has 0 bridgehead atoms. The van der Waals surface area contributed by atoms with E-state index in [4.69, 9.17) is 14.2 Å². The van der Waals surface area contributed by atoms with Gasteiger partial charge in [0.05, 0.1) is 6.61 Å². The maximum atomic E-state index is 12.4. The average molecular weight is 619 g/mol. The van der Waals surface area contributed by atoms with Crippen LogP contribution in [0.2, 0.25) is 0 Å². The number of hydrogen-bond donors (Lipinski definition) is 0. The van der Waals surface area contributed by atoms with Crippen LogP contribution in [0.1, 0.15) is 175 Å². The van der Waals surface area contributed by atoms with E-state index in [0.717, 1.165) is 70.6 Å². The van der Waals surface area contributed by atoms with Crippen molar-refractivity contribution >= 4 is 11.9 Å². The van der Waals surface area contributed by atoms with E-state index in [2.05, 4.69) is 57.2 Å². The molecular weight excluding hydrogens is 548 g/mol. The lowest BCUT2D eigenvalue weighted by molar-refractivity contribution is -0.163. The molecule has 5 nitrogen and oxygen atoms in total. The molecule has 44 heavy (non-hydrogen) atoms. The molecule has 1 unspecified atom stereocenters. The monoisotopic (exact) mass is 619 g/mol. The molecule has 0 radical (unpaired) electrons. The predicted octanol–water partition coefficient (Wildman–Crippen LogP) is 11.5. The van der Waals surface area contributed by atoms with Crippen LogP contribution in [0.15, 0.2) is 36.5 Å². The lowest BCUT2D eigenvalue weighted by atomic mass is 10.1. The first-order valence-corrected chi connectivity index (χ1v) is 18.5. The fraction of sp³-hybridized carbons (Fsp3) is 0.795. The first kappa shape index (κ1) is 42.1. The van der Waals surface area contributed by atoms with Crippen molar-refractivity contribution in [2.24, 2.45) is 0 Å². The van der Waals surface area contributed by atoms with Gasteiger partial charge in [-0.1, -0.05) is 147 Å². The van der Waals surface area contributed by atoms with Gasteiger partial charge in [0, 0.05) is 19.4 Å². The van der Waals surface area contributed by atoms with Crippen molar-refractivity contribution < 1.29 is 23.8 Å². The Bertz CT molecular complexity index is 711. The molecule has 0 saturated carbocycles. The van der Waals surface area contributed by atoms with E-state index in [9.17, 15) is 9.59 Å². The highest BCUT2D eigenvalue weighted by Crippen LogP contribution is 2.11. The molecule has 0 aromatic carbocycles. The largest absolute Gasteiger partial charge is 0.462 e. The van der Waals surface area contributed by atoms with E-state index >= 15 is 0 Å². The van der Waals surface area contributed by atoms with E-state index in [-0.39, 0.29) is 25.2 Å². The number of carbonyl (C=O) groups excluding carboxylic acids is 2. The summed E-state index contributed by atoms with van der Waals surface area (Å²) in [6, 6.07) is 0. The van der Waals surface area contributed by atoms with Crippen molar-refractivity contribution in [1.29, 1.82) is 0 Å². The second kappa shape index (κ2) is 35.6. The molecule has 5 heteroatoms. The fourth-order valence-electron chi connectivity index (χ4n) is 4.93. The van der Waals surface area contributed by atoms with Gasteiger partial charge in [-0.2, -0.15) is 0 Å². The Labute approximate surface area is 272 Å². The Hall–Kier alpha value is -1.88. The molecular formula is C39H70O5. The summed E-state index contributed by atoms with van der Waals surface area (Å²) in [6.07, 6.45) is 38.8. The van der Waals surface area contributed by atoms with Crippen molar-refractivity contribution in [3.05, 3.63) is 36.5 Å². The smallest absolute Gasteiger partial charge is 0.306 e. The van der Waals surface area contributed by atoms with E-state index in [0.29, 0.717) is 19.4 Å². The third-order valence-corrected chi connectivity index (χ3v) is 7.69. The van der Waals surface area contributed by atoms with Crippen molar-refractivity contribution in [2.75, 3.05) is 19.8 Å². The maximum absolute atomic E-state index is 12.4. The van der Waals surface area contributed by atoms with Gasteiger partial charge in [0.1, 0.15) is 6.61 Å². The number of carbonyl (C=O) groups is 2. The summed E-state index contributed by atoms with van der Waals surface area (Å²) >= 11 is 0. The molecule has 256 valence electrons. The Balaban J connectivity index is 4.09. The molecule has 0 spiro atoms. The quantitative estimate of drug-likeness (QED) is 0.0416. The van der Waals surface area contributed by atoms with Crippen molar-refractivity contribution in [3.8, 4) is 0 Å². The molecule has 0 aliphatic carbocycles. The molecule has 1 atom stereocenters. The normalized spacial score (nSPS) is 12.5. The van der Waals surface area contributed by atoms with Gasteiger partial charge in [0.15, 0.2) is 6.10 Å². The number of hydrogen-bond acceptors (Lipinski definition) is 5. The molecule has 0 heterocycles. The molecule has 0 aromatic heterocycles. The maximum Gasteiger partial charge on any atom is 0.306 e. The van der Waals surface area contributed by atoms with Gasteiger partial charge in [-0.05, 0) is 51.4 Å². The summed E-state index contributed by atoms with van der Waals surface area (Å²) < 4.78 is 17.0. The minimum atomic E-state index is -0.530. The minimum absolute atomic E-state index is 0.0813. The predicted molar refractivity (Wildman–Crippen MR) is 187 cm³/mol. The number of esters is 2. The Morgan fingerprint density at radius 3 is 1.64 bits per heavy atom. The number of rotatable bonds is 33. The zero-order valence-electron chi connectivity index (χ0n) is 29.2. The highest BCUT2D eigenvalue weighted by atomic mass is 16.6. The van der Waals surface area contributed by atoms with Crippen molar-refractivity contribution in [2.45, 2.75) is 181 Å². The van der Waals surface area contributed by atoms with Crippen molar-refractivity contribution in [1.82, 2.24) is 0 Å². The third kappa shape index (κ3) is 33.0. The molecule has 0 fully saturated rings. The summed E-state index contributed by atoms with van der Waals surface area (Å²) in [5.41, 5.74) is 0. The third-order valence-electron chi connectivity index (χ3n) is 7.69. The first-order chi connectivity index (χ1) is 21.6. The second-order valence-corrected chi connectivity index (χ2v) is 12.1. The van der Waals surface area contributed by atoms with Gasteiger partial charge in [-0.3, -0.25) is 9.59 Å². The zero-order valence-corrected chi connectivity index (χ0v) is 29.2. The molecule has 0 amide bonds. The molecule has 0 N–H and O–H groups in total. The molecule has 0 aliphatic rings. The van der Waals surface area contributed by atoms with Crippen LogP contribution in [-0.4, -0.2) is 37.9 Å². The fourth-order valence-corrected chi connectivity index (χ4v) is 4.93. The van der Waals surface area contributed by atoms with Gasteiger partial charge < -0.3 is 14.2 Å². The van der Waals surface area contributed by atoms with Gasteiger partial charge >= 0.3 is 11.9 Å². The van der Waals surface area contributed by atoms with E-state index in [1.165, 1.54) is 70.6 Å². The SMILES string of the molecule is CC/C=C\C/C=C\C/C=C\CCCCCCCCOCC(COC(=O)CCCCCCCCC)OC(=O)CCCCCCC. The first-order valence-electron chi connectivity index (χ1n) is 18.5. The van der Waals surface area contributed by atoms with Crippen LogP contribution in [0.4, 0.5) is 0 Å². The topological polar surface area (TPSA) is 61.8 Å². The zero-order chi connectivity index (χ0) is 32.2. The lowest BCUT2D eigenvalue weighted by Crippen LogP contribution is -2.30. The summed E-state index contributed by atoms with van der Waals surface area (Å²) in [6.45, 7) is 7.57. The molecule has 0 aromatic rings. The van der Waals surface area contributed by atoms with Gasteiger partial charge in [-0.25, -0.2) is 0 Å². The van der Waals surface area contributed by atoms with Gasteiger partial charge in [0.25, 0.3) is 0 Å². The van der Waals surface area contributed by atoms with Crippen LogP contribution in [0, 0.1) is 0 Å². The summed E-state index contributed by atoms with van der Waals surface area (Å²) in [5.74, 6) is -0.425. The van der Waals surface area contributed by atoms with Crippen LogP contribution < -0.4 is 0 Å². The highest BCUT2D eigenvalue weighted by molar-refractivity contribution is 5.70. The van der Waals surface area contributed by atoms with Crippen LogP contribution in [0.3, 0.4) is 0 Å². The minimum Gasteiger partial charge on any atom is -0.462 e. The van der Waals surface area contributed by atoms with Gasteiger partial charge in [0.2, 0.25) is 0 Å². The number of ether oxygens (including phenoxy) is 3.